The second kappa shape index (κ2) is 17.4. The summed E-state index contributed by atoms with van der Waals surface area (Å²) in [6.07, 6.45) is 4.85. The molecule has 0 atom stereocenters. The summed E-state index contributed by atoms with van der Waals surface area (Å²) in [5.74, 6) is -2.14. The summed E-state index contributed by atoms with van der Waals surface area (Å²) >= 11 is 5.73. The molecule has 0 spiro atoms. The van der Waals surface area contributed by atoms with Crippen molar-refractivity contribution >= 4 is 23.2 Å². The van der Waals surface area contributed by atoms with Crippen LogP contribution < -0.4 is 20.1 Å². The van der Waals surface area contributed by atoms with Crippen LogP contribution in [0.2, 0.25) is 5.28 Å². The van der Waals surface area contributed by atoms with Gasteiger partial charge in [-0.15, -0.1) is 5.10 Å². The normalized spacial score (nSPS) is 17.2. The van der Waals surface area contributed by atoms with E-state index in [2.05, 4.69) is 45.9 Å². The van der Waals surface area contributed by atoms with Crippen LogP contribution in [-0.2, 0) is 0 Å². The largest absolute Gasteiger partial charge is 0.478 e. The molecule has 4 aromatic heterocycles. The van der Waals surface area contributed by atoms with Crippen molar-refractivity contribution < 1.29 is 27.0 Å². The highest BCUT2D eigenvalue weighted by atomic mass is 35.5. The fourth-order valence-corrected chi connectivity index (χ4v) is 5.47. The van der Waals surface area contributed by atoms with Crippen molar-refractivity contribution in [3.63, 3.8) is 0 Å². The first kappa shape index (κ1) is 37.6. The average molecular weight is 711 g/mol. The zero-order chi connectivity index (χ0) is 35.4. The van der Waals surface area contributed by atoms with Crippen LogP contribution in [0.5, 0.6) is 11.8 Å². The summed E-state index contributed by atoms with van der Waals surface area (Å²) in [6.45, 7) is 8.71. The van der Waals surface area contributed by atoms with Gasteiger partial charge in [0.15, 0.2) is 0 Å². The Morgan fingerprint density at radius 2 is 1.37 bits per heavy atom. The standard InChI is InChI=1S/C16H21F2N5O.C11H14ClF2N3.C5H8N2O/c1-3-24-14-6-9-23(22-14)15-19-11(2)10-13(21-15)20-12-4-7-16(17,18)8-5-12;1-7-6-9(17-10(12)15-7)16-8-2-4-11(13,14)5-3-8;1-2-8-5-3-4-6-7-5/h6,9-10,12H,3-5,7-8H2,1-2H3,(H,19,20,21);6,8H,2-5H2,1H3,(H,15,16,17);3-4H,2H2,1H3,(H,6,7). The third kappa shape index (κ3) is 12.6. The molecule has 0 amide bonds. The molecule has 4 heterocycles. The fraction of sp³-hybridized carbons (Fsp3) is 0.562. The van der Waals surface area contributed by atoms with E-state index in [4.69, 9.17) is 21.1 Å². The molecule has 4 aromatic rings. The topological polar surface area (TPSA) is 141 Å². The lowest BCUT2D eigenvalue weighted by Gasteiger charge is -2.29. The number of halogens is 5. The monoisotopic (exact) mass is 710 g/mol. The molecule has 17 heteroatoms. The summed E-state index contributed by atoms with van der Waals surface area (Å²) in [6, 6.07) is 7.14. The maximum absolute atomic E-state index is 13.3. The quantitative estimate of drug-likeness (QED) is 0.118. The van der Waals surface area contributed by atoms with E-state index in [1.54, 1.807) is 30.6 Å². The first-order valence-corrected chi connectivity index (χ1v) is 16.7. The highest BCUT2D eigenvalue weighted by Crippen LogP contribution is 2.35. The highest BCUT2D eigenvalue weighted by molar-refractivity contribution is 6.28. The number of alkyl halides is 4. The van der Waals surface area contributed by atoms with Gasteiger partial charge < -0.3 is 20.1 Å². The van der Waals surface area contributed by atoms with Crippen molar-refractivity contribution in [3.8, 4) is 17.7 Å². The van der Waals surface area contributed by atoms with Gasteiger partial charge in [-0.2, -0.15) is 10.1 Å². The molecule has 0 unspecified atom stereocenters. The molecule has 49 heavy (non-hydrogen) atoms. The summed E-state index contributed by atoms with van der Waals surface area (Å²) < 4.78 is 64.4. The molecule has 0 aromatic carbocycles. The molecule has 2 aliphatic rings. The number of ether oxygens (including phenoxy) is 2. The van der Waals surface area contributed by atoms with Crippen LogP contribution in [0.15, 0.2) is 36.7 Å². The summed E-state index contributed by atoms with van der Waals surface area (Å²) in [5, 5.41) is 17.2. The molecule has 3 N–H and O–H groups in total. The van der Waals surface area contributed by atoms with Gasteiger partial charge in [0, 0.05) is 79.6 Å². The number of aryl methyl sites for hydroxylation is 2. The number of H-pyrrole nitrogens is 1. The zero-order valence-electron chi connectivity index (χ0n) is 28.0. The van der Waals surface area contributed by atoms with Gasteiger partial charge in [0.05, 0.1) is 19.4 Å². The van der Waals surface area contributed by atoms with E-state index in [1.807, 2.05) is 33.8 Å². The Morgan fingerprint density at radius 1 is 0.816 bits per heavy atom. The van der Waals surface area contributed by atoms with Crippen LogP contribution >= 0.6 is 11.6 Å². The van der Waals surface area contributed by atoms with Crippen LogP contribution in [0.1, 0.15) is 76.6 Å². The predicted molar refractivity (Wildman–Crippen MR) is 178 cm³/mol. The molecular weight excluding hydrogens is 668 g/mol. The van der Waals surface area contributed by atoms with Crippen molar-refractivity contribution in [3.05, 3.63) is 53.3 Å². The number of aromatic amines is 1. The molecule has 12 nitrogen and oxygen atoms in total. The molecule has 0 aliphatic heterocycles. The average Bonchev–Trinajstić information content (AvgIpc) is 3.73. The second-order valence-electron chi connectivity index (χ2n) is 11.8. The maximum Gasteiger partial charge on any atom is 0.252 e. The molecule has 2 fully saturated rings. The Labute approximate surface area is 287 Å². The van der Waals surface area contributed by atoms with Gasteiger partial charge >= 0.3 is 0 Å². The second-order valence-corrected chi connectivity index (χ2v) is 12.1. The first-order chi connectivity index (χ1) is 23.3. The van der Waals surface area contributed by atoms with Gasteiger partial charge in [-0.1, -0.05) is 0 Å². The number of hydrogen-bond donors (Lipinski definition) is 3. The Hall–Kier alpha value is -4.21. The lowest BCUT2D eigenvalue weighted by molar-refractivity contribution is -0.0366. The minimum atomic E-state index is -2.53. The molecule has 2 saturated carbocycles. The Balaban J connectivity index is 0.000000187. The van der Waals surface area contributed by atoms with Crippen LogP contribution in [-0.4, -0.2) is 77.1 Å². The van der Waals surface area contributed by atoms with E-state index in [-0.39, 0.29) is 43.1 Å². The van der Waals surface area contributed by atoms with Crippen LogP contribution in [0.25, 0.3) is 5.95 Å². The number of anilines is 2. The van der Waals surface area contributed by atoms with E-state index in [9.17, 15) is 17.6 Å². The minimum Gasteiger partial charge on any atom is -0.478 e. The lowest BCUT2D eigenvalue weighted by atomic mass is 9.92. The molecule has 2 aliphatic carbocycles. The number of aromatic nitrogens is 8. The first-order valence-electron chi connectivity index (χ1n) is 16.3. The molecule has 268 valence electrons. The van der Waals surface area contributed by atoms with Crippen molar-refractivity contribution in [2.75, 3.05) is 23.8 Å². The van der Waals surface area contributed by atoms with Crippen LogP contribution in [0, 0.1) is 13.8 Å². The Morgan fingerprint density at radius 3 is 1.88 bits per heavy atom. The molecule has 0 saturated heterocycles. The van der Waals surface area contributed by atoms with Crippen molar-refractivity contribution in [1.82, 2.24) is 39.9 Å². The van der Waals surface area contributed by atoms with Gasteiger partial charge in [-0.3, -0.25) is 0 Å². The van der Waals surface area contributed by atoms with Crippen LogP contribution in [0.3, 0.4) is 0 Å². The van der Waals surface area contributed by atoms with Crippen molar-refractivity contribution in [1.29, 1.82) is 0 Å². The van der Waals surface area contributed by atoms with Gasteiger partial charge in [-0.25, -0.2) is 42.3 Å². The van der Waals surface area contributed by atoms with Gasteiger partial charge in [0.2, 0.25) is 28.9 Å². The minimum absolute atomic E-state index is 0.00313. The number of nitrogens with one attached hydrogen (secondary N) is 3. The fourth-order valence-electron chi connectivity index (χ4n) is 5.25. The Bertz CT molecular complexity index is 1550. The SMILES string of the molecule is CCOc1ccn(-c2nc(C)cc(NC3CCC(F)(F)CC3)n2)n1.CCOc1ccn[nH]1.Cc1cc(NC2CCC(F)(F)CC2)nc(Cl)n1. The number of rotatable bonds is 9. The summed E-state index contributed by atoms with van der Waals surface area (Å²) in [5.41, 5.74) is 1.53. The summed E-state index contributed by atoms with van der Waals surface area (Å²) in [7, 11) is 0. The van der Waals surface area contributed by atoms with Crippen LogP contribution in [0.4, 0.5) is 29.2 Å². The van der Waals surface area contributed by atoms with E-state index < -0.39 is 11.8 Å². The predicted octanol–water partition coefficient (Wildman–Crippen LogP) is 7.60. The van der Waals surface area contributed by atoms with E-state index in [1.165, 1.54) is 4.68 Å². The third-order valence-corrected chi connectivity index (χ3v) is 7.81. The van der Waals surface area contributed by atoms with Gasteiger partial charge in [-0.05, 0) is 65.0 Å². The van der Waals surface area contributed by atoms with Crippen molar-refractivity contribution in [2.24, 2.45) is 0 Å². The van der Waals surface area contributed by atoms with E-state index in [0.717, 1.165) is 17.3 Å². The van der Waals surface area contributed by atoms with Gasteiger partial charge in [0.1, 0.15) is 11.6 Å². The molecule has 6 rings (SSSR count). The Kier molecular flexibility index (Phi) is 13.4. The number of hydrogen-bond acceptors (Lipinski definition) is 10. The maximum atomic E-state index is 13.3. The molecular formula is C32H43ClF4N10O2. The lowest BCUT2D eigenvalue weighted by Crippen LogP contribution is -2.32. The molecule has 0 bridgehead atoms. The van der Waals surface area contributed by atoms with E-state index >= 15 is 0 Å². The highest BCUT2D eigenvalue weighted by Gasteiger charge is 2.36. The number of nitrogens with zero attached hydrogens (tertiary/aromatic N) is 7. The third-order valence-electron chi connectivity index (χ3n) is 7.64. The van der Waals surface area contributed by atoms with E-state index in [0.29, 0.717) is 62.4 Å². The van der Waals surface area contributed by atoms with Gasteiger partial charge in [0.25, 0.3) is 5.95 Å². The molecule has 0 radical (unpaired) electrons. The smallest absolute Gasteiger partial charge is 0.252 e. The van der Waals surface area contributed by atoms with Crippen molar-refractivity contribution in [2.45, 2.75) is 103 Å². The summed E-state index contributed by atoms with van der Waals surface area (Å²) in [4.78, 5) is 16.8. The zero-order valence-corrected chi connectivity index (χ0v) is 28.8.